The maximum Gasteiger partial charge on any atom is 0.253 e. The van der Waals surface area contributed by atoms with Crippen molar-refractivity contribution in [3.63, 3.8) is 0 Å². The zero-order chi connectivity index (χ0) is 18.4. The second kappa shape index (κ2) is 8.86. The minimum atomic E-state index is -0.402. The molecule has 1 aliphatic carbocycles. The molecule has 0 radical (unpaired) electrons. The normalized spacial score (nSPS) is 15.4. The number of benzene rings is 2. The summed E-state index contributed by atoms with van der Waals surface area (Å²) in [5, 5.41) is 6.44. The van der Waals surface area contributed by atoms with E-state index in [4.69, 9.17) is 11.6 Å². The van der Waals surface area contributed by atoms with Gasteiger partial charge in [0.15, 0.2) is 0 Å². The van der Waals surface area contributed by atoms with Crippen LogP contribution in [-0.4, -0.2) is 17.9 Å². The Kier molecular flexibility index (Phi) is 6.29. The molecule has 1 saturated carbocycles. The molecule has 1 aliphatic rings. The lowest BCUT2D eigenvalue weighted by Gasteiger charge is -2.21. The third kappa shape index (κ3) is 4.85. The summed E-state index contributed by atoms with van der Waals surface area (Å²) in [6, 6.07) is 16.3. The third-order valence-corrected chi connectivity index (χ3v) is 5.07. The second-order valence-electron chi connectivity index (χ2n) is 6.67. The fourth-order valence-electron chi connectivity index (χ4n) is 3.36. The smallest absolute Gasteiger partial charge is 0.253 e. The monoisotopic (exact) mass is 370 g/mol. The van der Waals surface area contributed by atoms with Gasteiger partial charge in [-0.3, -0.25) is 9.59 Å². The summed E-state index contributed by atoms with van der Waals surface area (Å²) in [5.74, 6) is -0.316. The van der Waals surface area contributed by atoms with Crippen LogP contribution in [0.1, 0.15) is 54.1 Å². The number of rotatable bonds is 6. The molecular weight excluding hydrogens is 348 g/mol. The summed E-state index contributed by atoms with van der Waals surface area (Å²) in [4.78, 5) is 25.1. The number of hydrogen-bond acceptors (Lipinski definition) is 2. The van der Waals surface area contributed by atoms with E-state index < -0.39 is 6.04 Å². The Bertz CT molecular complexity index is 758. The van der Waals surface area contributed by atoms with Crippen LogP contribution < -0.4 is 10.6 Å². The van der Waals surface area contributed by atoms with Crippen LogP contribution >= 0.6 is 11.6 Å². The number of carbonyl (C=O) groups is 2. The minimum Gasteiger partial charge on any atom is -0.353 e. The Morgan fingerprint density at radius 1 is 1.00 bits per heavy atom. The lowest BCUT2D eigenvalue weighted by Crippen LogP contribution is -2.37. The molecule has 1 fully saturated rings. The summed E-state index contributed by atoms with van der Waals surface area (Å²) >= 11 is 6.13. The van der Waals surface area contributed by atoms with E-state index in [1.54, 1.807) is 24.3 Å². The molecule has 26 heavy (non-hydrogen) atoms. The lowest BCUT2D eigenvalue weighted by molar-refractivity contribution is -0.122. The third-order valence-electron chi connectivity index (χ3n) is 4.74. The highest BCUT2D eigenvalue weighted by Crippen LogP contribution is 2.22. The Labute approximate surface area is 158 Å². The molecule has 0 spiro atoms. The number of nitrogens with one attached hydrogen (secondary N) is 2. The maximum absolute atomic E-state index is 12.6. The molecular formula is C21H23ClN2O2. The lowest BCUT2D eigenvalue weighted by atomic mass is 10.0. The van der Waals surface area contributed by atoms with Crippen LogP contribution in [0, 0.1) is 0 Å². The summed E-state index contributed by atoms with van der Waals surface area (Å²) in [6.07, 6.45) is 4.60. The first-order chi connectivity index (χ1) is 12.6. The predicted octanol–water partition coefficient (Wildman–Crippen LogP) is 4.26. The molecule has 3 rings (SSSR count). The van der Waals surface area contributed by atoms with Crippen molar-refractivity contribution in [3.8, 4) is 0 Å². The molecule has 4 nitrogen and oxygen atoms in total. The molecule has 5 heteroatoms. The van der Waals surface area contributed by atoms with Gasteiger partial charge in [-0.15, -0.1) is 0 Å². The van der Waals surface area contributed by atoms with E-state index >= 15 is 0 Å². The van der Waals surface area contributed by atoms with Crippen LogP contribution in [0.2, 0.25) is 5.02 Å². The van der Waals surface area contributed by atoms with Gasteiger partial charge >= 0.3 is 0 Å². The molecule has 0 aliphatic heterocycles. The van der Waals surface area contributed by atoms with Crippen LogP contribution in [0.4, 0.5) is 0 Å². The zero-order valence-corrected chi connectivity index (χ0v) is 15.3. The molecule has 136 valence electrons. The van der Waals surface area contributed by atoms with Gasteiger partial charge in [0, 0.05) is 6.04 Å². The van der Waals surface area contributed by atoms with E-state index in [1.807, 2.05) is 30.3 Å². The first-order valence-corrected chi connectivity index (χ1v) is 9.41. The molecule has 1 unspecified atom stereocenters. The van der Waals surface area contributed by atoms with Crippen molar-refractivity contribution in [1.29, 1.82) is 0 Å². The van der Waals surface area contributed by atoms with Crippen molar-refractivity contribution in [2.75, 3.05) is 0 Å². The van der Waals surface area contributed by atoms with Crippen LogP contribution in [0.15, 0.2) is 54.6 Å². The van der Waals surface area contributed by atoms with Crippen molar-refractivity contribution >= 4 is 23.4 Å². The van der Waals surface area contributed by atoms with E-state index in [9.17, 15) is 9.59 Å². The van der Waals surface area contributed by atoms with Crippen molar-refractivity contribution in [1.82, 2.24) is 10.6 Å². The largest absolute Gasteiger partial charge is 0.353 e. The number of hydrogen-bond donors (Lipinski definition) is 2. The summed E-state index contributed by atoms with van der Waals surface area (Å²) in [6.45, 7) is 0. The predicted molar refractivity (Wildman–Crippen MR) is 103 cm³/mol. The van der Waals surface area contributed by atoms with Gasteiger partial charge in [0.1, 0.15) is 0 Å². The molecule has 1 atom stereocenters. The van der Waals surface area contributed by atoms with Crippen LogP contribution in [0.3, 0.4) is 0 Å². The summed E-state index contributed by atoms with van der Waals surface area (Å²) in [5.41, 5.74) is 1.31. The van der Waals surface area contributed by atoms with E-state index in [0.717, 1.165) is 31.2 Å². The molecule has 0 aromatic heterocycles. The Balaban J connectivity index is 1.72. The molecule has 2 amide bonds. The minimum absolute atomic E-state index is 0.0368. The Hall–Kier alpha value is -2.33. The molecule has 0 bridgehead atoms. The van der Waals surface area contributed by atoms with Gasteiger partial charge in [-0.1, -0.05) is 66.9 Å². The Morgan fingerprint density at radius 2 is 1.65 bits per heavy atom. The first kappa shape index (κ1) is 18.5. The van der Waals surface area contributed by atoms with Gasteiger partial charge in [0.2, 0.25) is 5.91 Å². The number of amides is 2. The van der Waals surface area contributed by atoms with Gasteiger partial charge < -0.3 is 10.6 Å². The number of carbonyl (C=O) groups excluding carboxylic acids is 2. The molecule has 2 N–H and O–H groups in total. The SMILES string of the molecule is O=C(CC(NC(=O)c1ccccc1Cl)c1ccccc1)NC1CCCC1. The first-order valence-electron chi connectivity index (χ1n) is 9.03. The van der Waals surface area contributed by atoms with Crippen LogP contribution in [0.25, 0.3) is 0 Å². The van der Waals surface area contributed by atoms with E-state index in [-0.39, 0.29) is 24.3 Å². The molecule has 0 saturated heterocycles. The van der Waals surface area contributed by atoms with Gasteiger partial charge in [0.05, 0.1) is 23.0 Å². The highest BCUT2D eigenvalue weighted by atomic mass is 35.5. The van der Waals surface area contributed by atoms with Gasteiger partial charge in [-0.2, -0.15) is 0 Å². The van der Waals surface area contributed by atoms with Crippen molar-refractivity contribution in [2.45, 2.75) is 44.2 Å². The fourth-order valence-corrected chi connectivity index (χ4v) is 3.58. The molecule has 2 aromatic carbocycles. The topological polar surface area (TPSA) is 58.2 Å². The Morgan fingerprint density at radius 3 is 2.35 bits per heavy atom. The summed E-state index contributed by atoms with van der Waals surface area (Å²) in [7, 11) is 0. The van der Waals surface area contributed by atoms with Gasteiger partial charge in [0.25, 0.3) is 5.91 Å². The fraction of sp³-hybridized carbons (Fsp3) is 0.333. The summed E-state index contributed by atoms with van der Waals surface area (Å²) < 4.78 is 0. The van der Waals surface area contributed by atoms with E-state index in [0.29, 0.717) is 10.6 Å². The zero-order valence-electron chi connectivity index (χ0n) is 14.6. The molecule has 0 heterocycles. The highest BCUT2D eigenvalue weighted by Gasteiger charge is 2.23. The molecule has 2 aromatic rings. The number of halogens is 1. The van der Waals surface area contributed by atoms with E-state index in [2.05, 4.69) is 10.6 Å². The van der Waals surface area contributed by atoms with Crippen molar-refractivity contribution in [2.24, 2.45) is 0 Å². The second-order valence-corrected chi connectivity index (χ2v) is 7.08. The van der Waals surface area contributed by atoms with Crippen molar-refractivity contribution < 1.29 is 9.59 Å². The average molecular weight is 371 g/mol. The average Bonchev–Trinajstić information content (AvgIpc) is 3.15. The van der Waals surface area contributed by atoms with E-state index in [1.165, 1.54) is 0 Å². The maximum atomic E-state index is 12.6. The highest BCUT2D eigenvalue weighted by molar-refractivity contribution is 6.33. The van der Waals surface area contributed by atoms with Gasteiger partial charge in [-0.25, -0.2) is 0 Å². The standard InChI is InChI=1S/C21H23ClN2O2/c22-18-13-7-6-12-17(18)21(26)24-19(15-8-2-1-3-9-15)14-20(25)23-16-10-4-5-11-16/h1-3,6-9,12-13,16,19H,4-5,10-11,14H2,(H,23,25)(H,24,26). The van der Waals surface area contributed by atoms with Gasteiger partial charge in [-0.05, 0) is 30.5 Å². The van der Waals surface area contributed by atoms with Crippen LogP contribution in [-0.2, 0) is 4.79 Å². The van der Waals surface area contributed by atoms with Crippen LogP contribution in [0.5, 0.6) is 0 Å². The quantitative estimate of drug-likeness (QED) is 0.798. The van der Waals surface area contributed by atoms with Crippen molar-refractivity contribution in [3.05, 3.63) is 70.7 Å².